The van der Waals surface area contributed by atoms with Gasteiger partial charge < -0.3 is 5.11 Å². The molecule has 0 aromatic heterocycles. The van der Waals surface area contributed by atoms with Crippen LogP contribution >= 0.6 is 0 Å². The molecule has 0 unspecified atom stereocenters. The molecule has 2 aromatic carbocycles. The van der Waals surface area contributed by atoms with Crippen molar-refractivity contribution in [3.8, 4) is 0 Å². The highest BCUT2D eigenvalue weighted by molar-refractivity contribution is 5.89. The molecular formula is C22H28O2. The molecule has 0 aliphatic carbocycles. The van der Waals surface area contributed by atoms with Gasteiger partial charge in [-0.05, 0) is 60.4 Å². The number of unbranched alkanes of at least 4 members (excludes halogenated alkanes) is 1. The first kappa shape index (κ1) is 18.3. The first-order valence-electron chi connectivity index (χ1n) is 9.08. The maximum atomic E-state index is 11.5. The molecule has 24 heavy (non-hydrogen) atoms. The van der Waals surface area contributed by atoms with Crippen molar-refractivity contribution in [1.82, 2.24) is 0 Å². The van der Waals surface area contributed by atoms with E-state index in [1.165, 1.54) is 29.5 Å². The molecule has 0 radical (unpaired) electrons. The zero-order valence-electron chi connectivity index (χ0n) is 14.8. The van der Waals surface area contributed by atoms with E-state index in [-0.39, 0.29) is 0 Å². The van der Waals surface area contributed by atoms with Crippen LogP contribution in [0.2, 0.25) is 0 Å². The summed E-state index contributed by atoms with van der Waals surface area (Å²) in [5.41, 5.74) is 5.49. The summed E-state index contributed by atoms with van der Waals surface area (Å²) in [6.07, 6.45) is 7.21. The van der Waals surface area contributed by atoms with Crippen molar-refractivity contribution in [1.29, 1.82) is 0 Å². The van der Waals surface area contributed by atoms with E-state index in [4.69, 9.17) is 0 Å². The lowest BCUT2D eigenvalue weighted by molar-refractivity contribution is 0.0695. The Bertz CT molecular complexity index is 673. The van der Waals surface area contributed by atoms with Crippen molar-refractivity contribution in [3.63, 3.8) is 0 Å². The van der Waals surface area contributed by atoms with E-state index in [1.54, 1.807) is 6.07 Å². The lowest BCUT2D eigenvalue weighted by atomic mass is 9.91. The summed E-state index contributed by atoms with van der Waals surface area (Å²) in [6, 6.07) is 14.4. The van der Waals surface area contributed by atoms with Gasteiger partial charge in [0.2, 0.25) is 0 Å². The van der Waals surface area contributed by atoms with Crippen LogP contribution in [0.15, 0.2) is 42.5 Å². The number of hydrogen-bond donors (Lipinski definition) is 1. The molecule has 2 aromatic rings. The fraction of sp³-hybridized carbons (Fsp3) is 0.409. The van der Waals surface area contributed by atoms with Gasteiger partial charge in [0, 0.05) is 0 Å². The monoisotopic (exact) mass is 324 g/mol. The summed E-state index contributed by atoms with van der Waals surface area (Å²) < 4.78 is 0. The Morgan fingerprint density at radius 1 is 0.792 bits per heavy atom. The van der Waals surface area contributed by atoms with Crippen LogP contribution in [0.3, 0.4) is 0 Å². The lowest BCUT2D eigenvalue weighted by Crippen LogP contribution is -2.07. The van der Waals surface area contributed by atoms with Crippen LogP contribution in [0.25, 0.3) is 0 Å². The highest BCUT2D eigenvalue weighted by Gasteiger charge is 2.13. The highest BCUT2D eigenvalue weighted by atomic mass is 16.4. The average Bonchev–Trinajstić information content (AvgIpc) is 2.59. The molecule has 2 rings (SSSR count). The molecule has 1 N–H and O–H groups in total. The largest absolute Gasteiger partial charge is 0.478 e. The number of rotatable bonds is 9. The number of aromatic carboxylic acids is 1. The summed E-state index contributed by atoms with van der Waals surface area (Å²) in [4.78, 5) is 11.5. The Labute approximate surface area is 145 Å². The van der Waals surface area contributed by atoms with Crippen LogP contribution in [-0.2, 0) is 25.7 Å². The van der Waals surface area contributed by atoms with Gasteiger partial charge in [-0.25, -0.2) is 4.79 Å². The predicted octanol–water partition coefficient (Wildman–Crippen LogP) is 5.47. The Morgan fingerprint density at radius 2 is 1.42 bits per heavy atom. The van der Waals surface area contributed by atoms with Crippen LogP contribution in [-0.4, -0.2) is 11.1 Å². The molecule has 0 spiro atoms. The number of hydrogen-bond acceptors (Lipinski definition) is 1. The summed E-state index contributed by atoms with van der Waals surface area (Å²) in [7, 11) is 0. The van der Waals surface area contributed by atoms with Gasteiger partial charge in [-0.3, -0.25) is 0 Å². The third kappa shape index (κ3) is 4.70. The minimum atomic E-state index is -0.816. The molecule has 2 heteroatoms. The third-order valence-corrected chi connectivity index (χ3v) is 4.59. The van der Waals surface area contributed by atoms with Gasteiger partial charge in [0.15, 0.2) is 0 Å². The quantitative estimate of drug-likeness (QED) is 0.664. The van der Waals surface area contributed by atoms with Gasteiger partial charge in [0.05, 0.1) is 5.56 Å². The fourth-order valence-electron chi connectivity index (χ4n) is 3.30. The minimum Gasteiger partial charge on any atom is -0.478 e. The summed E-state index contributed by atoms with van der Waals surface area (Å²) in [6.45, 7) is 4.32. The van der Waals surface area contributed by atoms with E-state index in [1.807, 2.05) is 6.07 Å². The molecule has 0 atom stereocenters. The second kappa shape index (κ2) is 9.27. The van der Waals surface area contributed by atoms with E-state index < -0.39 is 5.97 Å². The highest BCUT2D eigenvalue weighted by Crippen LogP contribution is 2.21. The molecule has 0 fully saturated rings. The van der Waals surface area contributed by atoms with Gasteiger partial charge in [0.25, 0.3) is 0 Å². The summed E-state index contributed by atoms with van der Waals surface area (Å²) in [5.74, 6) is -0.816. The van der Waals surface area contributed by atoms with Gasteiger partial charge in [-0.1, -0.05) is 63.1 Å². The van der Waals surface area contributed by atoms with Crippen molar-refractivity contribution in [2.75, 3.05) is 0 Å². The Hall–Kier alpha value is -2.09. The Balaban J connectivity index is 2.20. The van der Waals surface area contributed by atoms with Crippen LogP contribution in [0.5, 0.6) is 0 Å². The Kier molecular flexibility index (Phi) is 7.05. The maximum Gasteiger partial charge on any atom is 0.335 e. The molecule has 0 amide bonds. The molecule has 0 saturated carbocycles. The first-order valence-corrected chi connectivity index (χ1v) is 9.08. The van der Waals surface area contributed by atoms with E-state index >= 15 is 0 Å². The number of aryl methyl sites for hydroxylation is 3. The predicted molar refractivity (Wildman–Crippen MR) is 99.9 cm³/mol. The molecule has 0 saturated heterocycles. The SMILES string of the molecule is CCCCc1ccccc1CCc1cccc(C(=O)O)c1CCC. The van der Waals surface area contributed by atoms with Crippen molar-refractivity contribution in [2.45, 2.75) is 58.8 Å². The molecule has 2 nitrogen and oxygen atoms in total. The Morgan fingerprint density at radius 3 is 2.04 bits per heavy atom. The van der Waals surface area contributed by atoms with E-state index in [2.05, 4.69) is 44.2 Å². The second-order valence-corrected chi connectivity index (χ2v) is 6.37. The third-order valence-electron chi connectivity index (χ3n) is 4.59. The molecule has 0 bridgehead atoms. The molecule has 0 aliphatic heterocycles. The van der Waals surface area contributed by atoms with Gasteiger partial charge in [0.1, 0.15) is 0 Å². The average molecular weight is 324 g/mol. The van der Waals surface area contributed by atoms with Crippen molar-refractivity contribution in [3.05, 3.63) is 70.3 Å². The fourth-order valence-corrected chi connectivity index (χ4v) is 3.30. The molecule has 0 heterocycles. The van der Waals surface area contributed by atoms with Gasteiger partial charge in [-0.2, -0.15) is 0 Å². The van der Waals surface area contributed by atoms with Crippen LogP contribution in [0, 0.1) is 0 Å². The van der Waals surface area contributed by atoms with Crippen LogP contribution in [0.4, 0.5) is 0 Å². The number of carboxylic acids is 1. The van der Waals surface area contributed by atoms with Crippen molar-refractivity contribution < 1.29 is 9.90 Å². The zero-order chi connectivity index (χ0) is 17.4. The number of carbonyl (C=O) groups is 1. The number of carboxylic acid groups (broad SMARTS) is 1. The summed E-state index contributed by atoms with van der Waals surface area (Å²) in [5, 5.41) is 9.44. The van der Waals surface area contributed by atoms with E-state index in [9.17, 15) is 9.90 Å². The first-order chi connectivity index (χ1) is 11.7. The van der Waals surface area contributed by atoms with Crippen molar-refractivity contribution in [2.24, 2.45) is 0 Å². The normalized spacial score (nSPS) is 10.8. The summed E-state index contributed by atoms with van der Waals surface area (Å²) >= 11 is 0. The topological polar surface area (TPSA) is 37.3 Å². The lowest BCUT2D eigenvalue weighted by Gasteiger charge is -2.14. The molecule has 0 aliphatic rings. The maximum absolute atomic E-state index is 11.5. The van der Waals surface area contributed by atoms with E-state index in [0.29, 0.717) is 5.56 Å². The van der Waals surface area contributed by atoms with Crippen LogP contribution in [0.1, 0.15) is 65.7 Å². The second-order valence-electron chi connectivity index (χ2n) is 6.37. The molecular weight excluding hydrogens is 296 g/mol. The van der Waals surface area contributed by atoms with E-state index in [0.717, 1.165) is 37.7 Å². The van der Waals surface area contributed by atoms with Crippen LogP contribution < -0.4 is 0 Å². The molecule has 128 valence electrons. The standard InChI is InChI=1S/C22H28O2/c1-3-5-10-17-11-6-7-12-18(17)15-16-19-13-8-14-21(22(23)24)20(19)9-4-2/h6-8,11-14H,3-5,9-10,15-16H2,1-2H3,(H,23,24). The smallest absolute Gasteiger partial charge is 0.335 e. The minimum absolute atomic E-state index is 0.466. The zero-order valence-corrected chi connectivity index (χ0v) is 14.8. The number of benzene rings is 2. The van der Waals surface area contributed by atoms with Crippen molar-refractivity contribution >= 4 is 5.97 Å². The van der Waals surface area contributed by atoms with Gasteiger partial charge in [-0.15, -0.1) is 0 Å². The van der Waals surface area contributed by atoms with Gasteiger partial charge >= 0.3 is 5.97 Å².